The predicted octanol–water partition coefficient (Wildman–Crippen LogP) is 3.89. The molecule has 122 valence electrons. The Kier molecular flexibility index (Phi) is 4.53. The molecule has 0 saturated heterocycles. The van der Waals surface area contributed by atoms with Crippen molar-refractivity contribution in [3.05, 3.63) is 70.0 Å². The van der Waals surface area contributed by atoms with Crippen LogP contribution < -0.4 is 5.56 Å². The summed E-state index contributed by atoms with van der Waals surface area (Å²) in [6.45, 7) is 0. The van der Waals surface area contributed by atoms with Crippen LogP contribution in [0, 0.1) is 0 Å². The number of alkyl halides is 1. The number of pyridine rings is 1. The van der Waals surface area contributed by atoms with E-state index in [9.17, 15) is 9.59 Å². The zero-order chi connectivity index (χ0) is 17.3. The Morgan fingerprint density at radius 1 is 1.12 bits per heavy atom. The van der Waals surface area contributed by atoms with E-state index in [0.29, 0.717) is 27.6 Å². The molecule has 0 aliphatic heterocycles. The normalized spacial score (nSPS) is 10.8. The smallest absolute Gasteiger partial charge is 0.339 e. The zero-order valence-electron chi connectivity index (χ0n) is 13.4. The molecule has 1 heterocycles. The van der Waals surface area contributed by atoms with Crippen LogP contribution in [0.1, 0.15) is 15.9 Å². The van der Waals surface area contributed by atoms with Gasteiger partial charge in [0.15, 0.2) is 0 Å². The summed E-state index contributed by atoms with van der Waals surface area (Å²) in [5.41, 5.74) is 2.94. The molecule has 4 nitrogen and oxygen atoms in total. The molecule has 0 aliphatic rings. The standard InChI is InChI=1S/C19H16BrNO3/c1-21-15-6-4-3-5-14(15)17(19(23)24-2)16(18(21)22)13-9-7-12(11-20)8-10-13/h3-10H,11H2,1-2H3. The molecule has 24 heavy (non-hydrogen) atoms. The fourth-order valence-electron chi connectivity index (χ4n) is 2.84. The van der Waals surface area contributed by atoms with E-state index in [4.69, 9.17) is 4.74 Å². The van der Waals surface area contributed by atoms with Gasteiger partial charge in [-0.2, -0.15) is 0 Å². The first-order valence-electron chi connectivity index (χ1n) is 7.43. The Labute approximate surface area is 147 Å². The number of halogens is 1. The first kappa shape index (κ1) is 16.5. The third-order valence-electron chi connectivity index (χ3n) is 4.09. The summed E-state index contributed by atoms with van der Waals surface area (Å²) in [6, 6.07) is 14.9. The average molecular weight is 386 g/mol. The Balaban J connectivity index is 2.43. The summed E-state index contributed by atoms with van der Waals surface area (Å²) < 4.78 is 6.52. The minimum atomic E-state index is -0.511. The summed E-state index contributed by atoms with van der Waals surface area (Å²) in [5, 5.41) is 1.43. The van der Waals surface area contributed by atoms with E-state index in [-0.39, 0.29) is 5.56 Å². The minimum Gasteiger partial charge on any atom is -0.465 e. The van der Waals surface area contributed by atoms with Crippen molar-refractivity contribution in [2.75, 3.05) is 7.11 Å². The lowest BCUT2D eigenvalue weighted by Crippen LogP contribution is -2.23. The number of carbonyl (C=O) groups excluding carboxylic acids is 1. The highest BCUT2D eigenvalue weighted by atomic mass is 79.9. The molecule has 2 aromatic carbocycles. The van der Waals surface area contributed by atoms with E-state index in [1.807, 2.05) is 48.5 Å². The molecule has 1 aromatic heterocycles. The van der Waals surface area contributed by atoms with Gasteiger partial charge in [0, 0.05) is 17.8 Å². The van der Waals surface area contributed by atoms with Gasteiger partial charge in [0.05, 0.1) is 23.8 Å². The van der Waals surface area contributed by atoms with Gasteiger partial charge in [-0.05, 0) is 17.2 Å². The number of hydrogen-bond acceptors (Lipinski definition) is 3. The summed E-state index contributed by atoms with van der Waals surface area (Å²) in [6.07, 6.45) is 0. The van der Waals surface area contributed by atoms with Crippen LogP contribution in [0.3, 0.4) is 0 Å². The number of aromatic nitrogens is 1. The maximum atomic E-state index is 12.9. The van der Waals surface area contributed by atoms with E-state index < -0.39 is 5.97 Å². The van der Waals surface area contributed by atoms with Crippen LogP contribution >= 0.6 is 15.9 Å². The lowest BCUT2D eigenvalue weighted by atomic mass is 9.96. The molecule has 5 heteroatoms. The molecule has 0 fully saturated rings. The van der Waals surface area contributed by atoms with Gasteiger partial charge in [0.2, 0.25) is 0 Å². The van der Waals surface area contributed by atoms with E-state index >= 15 is 0 Å². The van der Waals surface area contributed by atoms with E-state index in [1.165, 1.54) is 7.11 Å². The second kappa shape index (κ2) is 6.61. The number of carbonyl (C=O) groups is 1. The number of benzene rings is 2. The molecule has 0 bridgehead atoms. The number of esters is 1. The van der Waals surface area contributed by atoms with Crippen LogP contribution in [-0.4, -0.2) is 17.6 Å². The quantitative estimate of drug-likeness (QED) is 0.507. The summed E-state index contributed by atoms with van der Waals surface area (Å²) >= 11 is 3.41. The number of rotatable bonds is 3. The fourth-order valence-corrected chi connectivity index (χ4v) is 3.21. The minimum absolute atomic E-state index is 0.222. The molecule has 3 rings (SSSR count). The van der Waals surface area contributed by atoms with Crippen molar-refractivity contribution in [2.24, 2.45) is 7.05 Å². The van der Waals surface area contributed by atoms with Crippen molar-refractivity contribution in [1.82, 2.24) is 4.57 Å². The molecule has 0 unspecified atom stereocenters. The largest absolute Gasteiger partial charge is 0.465 e. The molecule has 0 saturated carbocycles. The van der Waals surface area contributed by atoms with Gasteiger partial charge < -0.3 is 9.30 Å². The van der Waals surface area contributed by atoms with Crippen LogP contribution in [0.15, 0.2) is 53.3 Å². The Hall–Kier alpha value is -2.40. The van der Waals surface area contributed by atoms with Crippen LogP contribution in [0.4, 0.5) is 0 Å². The highest BCUT2D eigenvalue weighted by molar-refractivity contribution is 9.08. The first-order valence-corrected chi connectivity index (χ1v) is 8.56. The van der Waals surface area contributed by atoms with Crippen LogP contribution in [0.2, 0.25) is 0 Å². The number of ether oxygens (including phenoxy) is 1. The molecule has 0 amide bonds. The highest BCUT2D eigenvalue weighted by Gasteiger charge is 2.22. The topological polar surface area (TPSA) is 48.3 Å². The van der Waals surface area contributed by atoms with Gasteiger partial charge in [0.1, 0.15) is 0 Å². The van der Waals surface area contributed by atoms with Gasteiger partial charge in [-0.3, -0.25) is 4.79 Å². The molecule has 0 spiro atoms. The second-order valence-corrected chi connectivity index (χ2v) is 6.01. The summed E-state index contributed by atoms with van der Waals surface area (Å²) in [7, 11) is 3.04. The maximum Gasteiger partial charge on any atom is 0.339 e. The highest BCUT2D eigenvalue weighted by Crippen LogP contribution is 2.28. The molecule has 0 N–H and O–H groups in total. The lowest BCUT2D eigenvalue weighted by molar-refractivity contribution is 0.0603. The fraction of sp³-hybridized carbons (Fsp3) is 0.158. The van der Waals surface area contributed by atoms with Crippen molar-refractivity contribution >= 4 is 32.8 Å². The van der Waals surface area contributed by atoms with Crippen molar-refractivity contribution in [3.8, 4) is 11.1 Å². The van der Waals surface area contributed by atoms with Gasteiger partial charge in [-0.1, -0.05) is 58.4 Å². The van der Waals surface area contributed by atoms with Crippen molar-refractivity contribution in [1.29, 1.82) is 0 Å². The van der Waals surface area contributed by atoms with Crippen LogP contribution in [0.25, 0.3) is 22.0 Å². The lowest BCUT2D eigenvalue weighted by Gasteiger charge is -2.14. The van der Waals surface area contributed by atoms with Gasteiger partial charge in [-0.15, -0.1) is 0 Å². The number of nitrogens with zero attached hydrogens (tertiary/aromatic N) is 1. The predicted molar refractivity (Wildman–Crippen MR) is 98.6 cm³/mol. The van der Waals surface area contributed by atoms with Crippen molar-refractivity contribution in [2.45, 2.75) is 5.33 Å². The third-order valence-corrected chi connectivity index (χ3v) is 4.74. The molecular formula is C19H16BrNO3. The zero-order valence-corrected chi connectivity index (χ0v) is 15.0. The number of hydrogen-bond donors (Lipinski definition) is 0. The van der Waals surface area contributed by atoms with E-state index in [0.717, 1.165) is 10.9 Å². The van der Waals surface area contributed by atoms with Crippen LogP contribution in [0.5, 0.6) is 0 Å². The monoisotopic (exact) mass is 385 g/mol. The summed E-state index contributed by atoms with van der Waals surface area (Å²) in [4.78, 5) is 25.4. The van der Waals surface area contributed by atoms with Gasteiger partial charge >= 0.3 is 5.97 Å². The number of methoxy groups -OCH3 is 1. The van der Waals surface area contributed by atoms with Crippen LogP contribution in [-0.2, 0) is 17.1 Å². The maximum absolute atomic E-state index is 12.9. The molecule has 0 aliphatic carbocycles. The summed E-state index contributed by atoms with van der Waals surface area (Å²) in [5.74, 6) is -0.511. The molecule has 0 radical (unpaired) electrons. The SMILES string of the molecule is COC(=O)c1c(-c2ccc(CBr)cc2)c(=O)n(C)c2ccccc12. The van der Waals surface area contributed by atoms with E-state index in [1.54, 1.807) is 11.6 Å². The average Bonchev–Trinajstić information content (AvgIpc) is 2.64. The Bertz CT molecular complexity index is 974. The third kappa shape index (κ3) is 2.65. The van der Waals surface area contributed by atoms with Crippen molar-refractivity contribution < 1.29 is 9.53 Å². The number of para-hydroxylation sites is 1. The van der Waals surface area contributed by atoms with Gasteiger partial charge in [0.25, 0.3) is 5.56 Å². The molecular weight excluding hydrogens is 370 g/mol. The Morgan fingerprint density at radius 3 is 2.42 bits per heavy atom. The number of fused-ring (bicyclic) bond motifs is 1. The van der Waals surface area contributed by atoms with E-state index in [2.05, 4.69) is 15.9 Å². The number of aryl methyl sites for hydroxylation is 1. The second-order valence-electron chi connectivity index (χ2n) is 5.45. The molecule has 3 aromatic rings. The Morgan fingerprint density at radius 2 is 1.79 bits per heavy atom. The van der Waals surface area contributed by atoms with Crippen molar-refractivity contribution in [3.63, 3.8) is 0 Å². The first-order chi connectivity index (χ1) is 11.6. The molecule has 0 atom stereocenters. The van der Waals surface area contributed by atoms with Gasteiger partial charge in [-0.25, -0.2) is 4.79 Å².